The summed E-state index contributed by atoms with van der Waals surface area (Å²) < 4.78 is 0. The van der Waals surface area contributed by atoms with Gasteiger partial charge in [-0.15, -0.1) is 0 Å². The van der Waals surface area contributed by atoms with E-state index in [1.165, 1.54) is 0 Å². The predicted molar refractivity (Wildman–Crippen MR) is 45.5 cm³/mol. The van der Waals surface area contributed by atoms with E-state index in [1.54, 1.807) is 0 Å². The number of carboxylic acids is 1. The van der Waals surface area contributed by atoms with E-state index in [-0.39, 0.29) is 11.8 Å². The highest BCUT2D eigenvalue weighted by Gasteiger charge is 2.22. The van der Waals surface area contributed by atoms with E-state index >= 15 is 0 Å². The second kappa shape index (κ2) is 3.74. The normalized spacial score (nSPS) is 12.1. The van der Waals surface area contributed by atoms with Gasteiger partial charge in [0.1, 0.15) is 0 Å². The molecule has 0 saturated heterocycles. The maximum atomic E-state index is 10.4. The molecule has 11 heavy (non-hydrogen) atoms. The Bertz CT molecular complexity index is 136. The van der Waals surface area contributed by atoms with E-state index in [0.717, 1.165) is 6.42 Å². The summed E-state index contributed by atoms with van der Waals surface area (Å²) in [5.74, 6) is -0.125. The van der Waals surface area contributed by atoms with E-state index in [1.807, 2.05) is 13.8 Å². The van der Waals surface area contributed by atoms with Gasteiger partial charge in [0.2, 0.25) is 0 Å². The third kappa shape index (κ3) is 5.89. The van der Waals surface area contributed by atoms with Crippen LogP contribution in [-0.2, 0) is 4.79 Å². The first-order chi connectivity index (χ1) is 4.83. The van der Waals surface area contributed by atoms with Crippen LogP contribution in [0.5, 0.6) is 0 Å². The van der Waals surface area contributed by atoms with E-state index in [0.29, 0.717) is 5.92 Å². The molecular formula is C9H18O2. The van der Waals surface area contributed by atoms with Crippen molar-refractivity contribution >= 4 is 5.97 Å². The first-order valence-electron chi connectivity index (χ1n) is 4.05. The van der Waals surface area contributed by atoms with Gasteiger partial charge in [-0.1, -0.05) is 27.7 Å². The van der Waals surface area contributed by atoms with Crippen molar-refractivity contribution < 1.29 is 9.90 Å². The Kier molecular flexibility index (Phi) is 3.56. The number of hydrogen-bond acceptors (Lipinski definition) is 1. The minimum atomic E-state index is -0.698. The van der Waals surface area contributed by atoms with Crippen molar-refractivity contribution in [1.82, 2.24) is 0 Å². The van der Waals surface area contributed by atoms with Crippen molar-refractivity contribution in [1.29, 1.82) is 0 Å². The molecular weight excluding hydrogens is 140 g/mol. The Balaban J connectivity index is 3.89. The number of carbonyl (C=O) groups is 1. The highest BCUT2D eigenvalue weighted by atomic mass is 16.4. The summed E-state index contributed by atoms with van der Waals surface area (Å²) in [6.07, 6.45) is 1.24. The zero-order chi connectivity index (χ0) is 9.07. The van der Waals surface area contributed by atoms with E-state index in [4.69, 9.17) is 5.11 Å². The Morgan fingerprint density at radius 1 is 1.45 bits per heavy atom. The molecule has 0 aliphatic carbocycles. The molecule has 0 radical (unpaired) electrons. The molecule has 0 bridgehead atoms. The van der Waals surface area contributed by atoms with Crippen LogP contribution in [-0.4, -0.2) is 11.1 Å². The Morgan fingerprint density at radius 3 is 2.18 bits per heavy atom. The Hall–Kier alpha value is -0.530. The molecule has 2 nitrogen and oxygen atoms in total. The topological polar surface area (TPSA) is 37.3 Å². The fraction of sp³-hybridized carbons (Fsp3) is 0.889. The first-order valence-corrected chi connectivity index (χ1v) is 4.05. The highest BCUT2D eigenvalue weighted by molar-refractivity contribution is 5.67. The molecule has 0 aromatic carbocycles. The van der Waals surface area contributed by atoms with Crippen molar-refractivity contribution in [3.05, 3.63) is 0 Å². The molecule has 0 unspecified atom stereocenters. The molecule has 0 rings (SSSR count). The quantitative estimate of drug-likeness (QED) is 0.682. The SMILES string of the molecule is CC(C)CC(C)(C)CC(=O)O. The number of rotatable bonds is 4. The average molecular weight is 158 g/mol. The maximum absolute atomic E-state index is 10.4. The molecule has 0 atom stereocenters. The number of aliphatic carboxylic acids is 1. The lowest BCUT2D eigenvalue weighted by Crippen LogP contribution is -2.18. The molecule has 0 saturated carbocycles. The summed E-state index contributed by atoms with van der Waals surface area (Å²) in [5, 5.41) is 8.56. The number of carboxylic acid groups (broad SMARTS) is 1. The van der Waals surface area contributed by atoms with Crippen molar-refractivity contribution in [2.75, 3.05) is 0 Å². The lowest BCUT2D eigenvalue weighted by atomic mass is 9.81. The van der Waals surface area contributed by atoms with Crippen molar-refractivity contribution in [3.63, 3.8) is 0 Å². The number of hydrogen-bond donors (Lipinski definition) is 1. The van der Waals surface area contributed by atoms with Gasteiger partial charge in [0, 0.05) is 0 Å². The smallest absolute Gasteiger partial charge is 0.303 e. The lowest BCUT2D eigenvalue weighted by molar-refractivity contribution is -0.139. The fourth-order valence-corrected chi connectivity index (χ4v) is 1.59. The van der Waals surface area contributed by atoms with Crippen LogP contribution in [0.1, 0.15) is 40.5 Å². The molecule has 0 aliphatic rings. The third-order valence-electron chi connectivity index (χ3n) is 1.59. The third-order valence-corrected chi connectivity index (χ3v) is 1.59. The van der Waals surface area contributed by atoms with Gasteiger partial charge in [-0.3, -0.25) is 4.79 Å². The van der Waals surface area contributed by atoms with Crippen LogP contribution < -0.4 is 0 Å². The second-order valence-corrected chi connectivity index (χ2v) is 4.33. The monoisotopic (exact) mass is 158 g/mol. The minimum Gasteiger partial charge on any atom is -0.481 e. The van der Waals surface area contributed by atoms with Gasteiger partial charge in [-0.2, -0.15) is 0 Å². The Labute approximate surface area is 68.6 Å². The maximum Gasteiger partial charge on any atom is 0.303 e. The summed E-state index contributed by atoms with van der Waals surface area (Å²) in [7, 11) is 0. The summed E-state index contributed by atoms with van der Waals surface area (Å²) in [4.78, 5) is 10.4. The predicted octanol–water partition coefficient (Wildman–Crippen LogP) is 2.53. The van der Waals surface area contributed by atoms with Crippen LogP contribution in [0.15, 0.2) is 0 Å². The molecule has 0 amide bonds. The minimum absolute atomic E-state index is 0.0556. The van der Waals surface area contributed by atoms with Crippen molar-refractivity contribution in [3.8, 4) is 0 Å². The summed E-state index contributed by atoms with van der Waals surface area (Å²) in [6, 6.07) is 0. The summed E-state index contributed by atoms with van der Waals surface area (Å²) in [6.45, 7) is 8.23. The van der Waals surface area contributed by atoms with Gasteiger partial charge in [-0.25, -0.2) is 0 Å². The zero-order valence-electron chi connectivity index (χ0n) is 7.85. The van der Waals surface area contributed by atoms with Crippen LogP contribution in [0, 0.1) is 11.3 Å². The van der Waals surface area contributed by atoms with Gasteiger partial charge in [-0.05, 0) is 17.8 Å². The van der Waals surface area contributed by atoms with E-state index in [2.05, 4.69) is 13.8 Å². The molecule has 0 aliphatic heterocycles. The summed E-state index contributed by atoms with van der Waals surface area (Å²) >= 11 is 0. The molecule has 0 aromatic rings. The van der Waals surface area contributed by atoms with Gasteiger partial charge in [0.15, 0.2) is 0 Å². The molecule has 0 heterocycles. The van der Waals surface area contributed by atoms with Gasteiger partial charge >= 0.3 is 5.97 Å². The van der Waals surface area contributed by atoms with E-state index < -0.39 is 5.97 Å². The average Bonchev–Trinajstić information content (AvgIpc) is 1.53. The highest BCUT2D eigenvalue weighted by Crippen LogP contribution is 2.28. The van der Waals surface area contributed by atoms with Crippen LogP contribution in [0.4, 0.5) is 0 Å². The molecule has 0 aromatic heterocycles. The standard InChI is InChI=1S/C9H18O2/c1-7(2)5-9(3,4)6-8(10)11/h7H,5-6H2,1-4H3,(H,10,11). The summed E-state index contributed by atoms with van der Waals surface area (Å²) in [5.41, 5.74) is -0.0556. The van der Waals surface area contributed by atoms with Gasteiger partial charge < -0.3 is 5.11 Å². The molecule has 0 fully saturated rings. The van der Waals surface area contributed by atoms with Crippen molar-refractivity contribution in [2.45, 2.75) is 40.5 Å². The van der Waals surface area contributed by atoms with Crippen molar-refractivity contribution in [2.24, 2.45) is 11.3 Å². The van der Waals surface area contributed by atoms with Crippen LogP contribution in [0.3, 0.4) is 0 Å². The molecule has 1 N–H and O–H groups in total. The molecule has 0 spiro atoms. The van der Waals surface area contributed by atoms with E-state index in [9.17, 15) is 4.79 Å². The molecule has 66 valence electrons. The van der Waals surface area contributed by atoms with Gasteiger partial charge in [0.05, 0.1) is 6.42 Å². The fourth-order valence-electron chi connectivity index (χ4n) is 1.59. The van der Waals surface area contributed by atoms with Gasteiger partial charge in [0.25, 0.3) is 0 Å². The zero-order valence-corrected chi connectivity index (χ0v) is 7.85. The Morgan fingerprint density at radius 2 is 1.91 bits per heavy atom. The first kappa shape index (κ1) is 10.5. The van der Waals surface area contributed by atoms with Crippen LogP contribution >= 0.6 is 0 Å². The second-order valence-electron chi connectivity index (χ2n) is 4.33. The lowest BCUT2D eigenvalue weighted by Gasteiger charge is -2.24. The van der Waals surface area contributed by atoms with Crippen LogP contribution in [0.25, 0.3) is 0 Å². The molecule has 2 heteroatoms. The largest absolute Gasteiger partial charge is 0.481 e. The van der Waals surface area contributed by atoms with Crippen LogP contribution in [0.2, 0.25) is 0 Å².